The van der Waals surface area contributed by atoms with Crippen LogP contribution in [0.2, 0.25) is 0 Å². The number of carbonyl (C=O) groups excluding carboxylic acids is 1. The Balaban J connectivity index is 3.26. The summed E-state index contributed by atoms with van der Waals surface area (Å²) < 4.78 is 5.42. The van der Waals surface area contributed by atoms with Crippen LogP contribution < -0.4 is 10.1 Å². The van der Waals surface area contributed by atoms with Crippen molar-refractivity contribution in [3.05, 3.63) is 28.8 Å². The zero-order chi connectivity index (χ0) is 13.9. The van der Waals surface area contributed by atoms with Crippen molar-refractivity contribution in [3.63, 3.8) is 0 Å². The third-order valence-corrected chi connectivity index (χ3v) is 3.10. The molecule has 1 N–H and O–H groups in total. The molecule has 0 aliphatic rings. The molecule has 0 spiro atoms. The molecule has 0 atom stereocenters. The summed E-state index contributed by atoms with van der Waals surface area (Å²) in [5.74, 6) is 0.549. The second kappa shape index (κ2) is 5.61. The first-order valence-electron chi connectivity index (χ1n) is 5.84. The molecule has 1 aromatic rings. The van der Waals surface area contributed by atoms with Crippen molar-refractivity contribution in [2.75, 3.05) is 13.0 Å². The van der Waals surface area contributed by atoms with E-state index >= 15 is 0 Å². The van der Waals surface area contributed by atoms with Gasteiger partial charge in [0, 0.05) is 5.56 Å². The van der Waals surface area contributed by atoms with Gasteiger partial charge in [0.2, 0.25) is 5.91 Å². The van der Waals surface area contributed by atoms with Crippen molar-refractivity contribution < 1.29 is 9.53 Å². The number of carbonyl (C=O) groups is 1. The van der Waals surface area contributed by atoms with Crippen LogP contribution in [-0.4, -0.2) is 18.9 Å². The average molecular weight is 270 g/mol. The molecule has 0 aliphatic carbocycles. The molecule has 1 rings (SSSR count). The van der Waals surface area contributed by atoms with Crippen LogP contribution in [0.4, 0.5) is 0 Å². The Labute approximate surface area is 113 Å². The molecule has 1 aromatic carbocycles. The lowest BCUT2D eigenvalue weighted by Gasteiger charge is -2.30. The van der Waals surface area contributed by atoms with E-state index in [-0.39, 0.29) is 11.8 Å². The molecule has 0 radical (unpaired) electrons. The van der Waals surface area contributed by atoms with Gasteiger partial charge in [-0.25, -0.2) is 0 Å². The van der Waals surface area contributed by atoms with Crippen LogP contribution in [0.3, 0.4) is 0 Å². The summed E-state index contributed by atoms with van der Waals surface area (Å²) in [6.45, 7) is 7.92. The van der Waals surface area contributed by atoms with Gasteiger partial charge in [-0.1, -0.05) is 6.07 Å². The maximum atomic E-state index is 11.5. The van der Waals surface area contributed by atoms with E-state index < -0.39 is 5.54 Å². The number of halogens is 1. The third-order valence-electron chi connectivity index (χ3n) is 2.86. The number of hydrogen-bond donors (Lipinski definition) is 1. The van der Waals surface area contributed by atoms with E-state index in [4.69, 9.17) is 16.3 Å². The maximum absolute atomic E-state index is 11.5. The van der Waals surface area contributed by atoms with Crippen LogP contribution in [0, 0.1) is 13.8 Å². The first-order chi connectivity index (χ1) is 8.31. The van der Waals surface area contributed by atoms with E-state index in [9.17, 15) is 4.79 Å². The SMILES string of the molecule is COc1cc(C)cc(C)c1C(C)(C)NC(=O)CCl. The second-order valence-corrected chi connectivity index (χ2v) is 5.23. The molecule has 18 heavy (non-hydrogen) atoms. The molecule has 0 unspecified atom stereocenters. The highest BCUT2D eigenvalue weighted by Crippen LogP contribution is 2.33. The molecule has 0 fully saturated rings. The van der Waals surface area contributed by atoms with E-state index in [1.807, 2.05) is 33.8 Å². The van der Waals surface area contributed by atoms with Crippen molar-refractivity contribution in [2.24, 2.45) is 0 Å². The van der Waals surface area contributed by atoms with E-state index in [0.29, 0.717) is 0 Å². The van der Waals surface area contributed by atoms with Gasteiger partial charge < -0.3 is 10.1 Å². The normalized spacial score (nSPS) is 11.2. The predicted molar refractivity (Wildman–Crippen MR) is 74.4 cm³/mol. The molecule has 0 aliphatic heterocycles. The molecular formula is C14H20ClNO2. The lowest BCUT2D eigenvalue weighted by Crippen LogP contribution is -2.42. The van der Waals surface area contributed by atoms with E-state index in [1.54, 1.807) is 7.11 Å². The molecule has 4 heteroatoms. The van der Waals surface area contributed by atoms with E-state index in [0.717, 1.165) is 22.4 Å². The van der Waals surface area contributed by atoms with E-state index in [1.165, 1.54) is 0 Å². The number of ether oxygens (including phenoxy) is 1. The van der Waals surface area contributed by atoms with E-state index in [2.05, 4.69) is 11.4 Å². The number of amides is 1. The summed E-state index contributed by atoms with van der Waals surface area (Å²) in [6.07, 6.45) is 0. The highest BCUT2D eigenvalue weighted by molar-refractivity contribution is 6.27. The molecule has 100 valence electrons. The lowest BCUT2D eigenvalue weighted by atomic mass is 9.88. The van der Waals surface area contributed by atoms with Gasteiger partial charge in [-0.3, -0.25) is 4.79 Å². The Kier molecular flexibility index (Phi) is 4.63. The fourth-order valence-corrected chi connectivity index (χ4v) is 2.40. The van der Waals surface area contributed by atoms with Gasteiger partial charge in [-0.05, 0) is 44.9 Å². The fourth-order valence-electron chi connectivity index (χ4n) is 2.33. The molecule has 0 bridgehead atoms. The Morgan fingerprint density at radius 3 is 2.50 bits per heavy atom. The minimum atomic E-state index is -0.519. The Bertz CT molecular complexity index is 455. The predicted octanol–water partition coefficient (Wildman–Crippen LogP) is 2.90. The third kappa shape index (κ3) is 3.16. The van der Waals surface area contributed by atoms with Gasteiger partial charge in [0.05, 0.1) is 12.6 Å². The molecule has 0 heterocycles. The first kappa shape index (κ1) is 14.8. The van der Waals surface area contributed by atoms with Gasteiger partial charge in [0.15, 0.2) is 0 Å². The maximum Gasteiger partial charge on any atom is 0.235 e. The van der Waals surface area contributed by atoms with Crippen molar-refractivity contribution >= 4 is 17.5 Å². The first-order valence-corrected chi connectivity index (χ1v) is 6.38. The van der Waals surface area contributed by atoms with Crippen molar-refractivity contribution in [3.8, 4) is 5.75 Å². The number of nitrogens with one attached hydrogen (secondary N) is 1. The van der Waals surface area contributed by atoms with Crippen LogP contribution in [0.5, 0.6) is 5.75 Å². The summed E-state index contributed by atoms with van der Waals surface area (Å²) in [4.78, 5) is 11.5. The van der Waals surface area contributed by atoms with Gasteiger partial charge in [0.1, 0.15) is 11.6 Å². The number of methoxy groups -OCH3 is 1. The zero-order valence-electron chi connectivity index (χ0n) is 11.6. The quantitative estimate of drug-likeness (QED) is 0.854. The Morgan fingerprint density at radius 1 is 1.39 bits per heavy atom. The van der Waals surface area contributed by atoms with Crippen LogP contribution in [-0.2, 0) is 10.3 Å². The average Bonchev–Trinajstić information content (AvgIpc) is 2.26. The van der Waals surface area contributed by atoms with Gasteiger partial charge in [-0.15, -0.1) is 11.6 Å². The largest absolute Gasteiger partial charge is 0.496 e. The zero-order valence-corrected chi connectivity index (χ0v) is 12.3. The van der Waals surface area contributed by atoms with Gasteiger partial charge in [0.25, 0.3) is 0 Å². The van der Waals surface area contributed by atoms with Crippen molar-refractivity contribution in [1.82, 2.24) is 5.32 Å². The molecule has 0 saturated carbocycles. The van der Waals surface area contributed by atoms with Gasteiger partial charge >= 0.3 is 0 Å². The van der Waals surface area contributed by atoms with Crippen LogP contribution >= 0.6 is 11.6 Å². The molecule has 0 aromatic heterocycles. The standard InChI is InChI=1S/C14H20ClNO2/c1-9-6-10(2)13(11(7-9)18-5)14(3,4)16-12(17)8-15/h6-7H,8H2,1-5H3,(H,16,17). The summed E-state index contributed by atoms with van der Waals surface area (Å²) in [5, 5.41) is 2.91. The number of rotatable bonds is 4. The number of aryl methyl sites for hydroxylation is 2. The summed E-state index contributed by atoms with van der Waals surface area (Å²) in [6, 6.07) is 4.05. The summed E-state index contributed by atoms with van der Waals surface area (Å²) in [5.41, 5.74) is 2.68. The Morgan fingerprint density at radius 2 is 2.00 bits per heavy atom. The van der Waals surface area contributed by atoms with Crippen molar-refractivity contribution in [2.45, 2.75) is 33.2 Å². The highest BCUT2D eigenvalue weighted by atomic mass is 35.5. The molecule has 3 nitrogen and oxygen atoms in total. The second-order valence-electron chi connectivity index (χ2n) is 4.97. The minimum Gasteiger partial charge on any atom is -0.496 e. The summed E-state index contributed by atoms with van der Waals surface area (Å²) >= 11 is 5.54. The number of alkyl halides is 1. The van der Waals surface area contributed by atoms with Crippen LogP contribution in [0.1, 0.15) is 30.5 Å². The minimum absolute atomic E-state index is 0.0450. The molecule has 1 amide bonds. The Hall–Kier alpha value is -1.22. The monoisotopic (exact) mass is 269 g/mol. The van der Waals surface area contributed by atoms with Crippen LogP contribution in [0.25, 0.3) is 0 Å². The van der Waals surface area contributed by atoms with Crippen molar-refractivity contribution in [1.29, 1.82) is 0 Å². The smallest absolute Gasteiger partial charge is 0.235 e. The topological polar surface area (TPSA) is 38.3 Å². The number of hydrogen-bond acceptors (Lipinski definition) is 2. The molecular weight excluding hydrogens is 250 g/mol. The highest BCUT2D eigenvalue weighted by Gasteiger charge is 2.28. The summed E-state index contributed by atoms with van der Waals surface area (Å²) in [7, 11) is 1.64. The number of benzene rings is 1. The van der Waals surface area contributed by atoms with Crippen LogP contribution in [0.15, 0.2) is 12.1 Å². The fraction of sp³-hybridized carbons (Fsp3) is 0.500. The van der Waals surface area contributed by atoms with Gasteiger partial charge in [-0.2, -0.15) is 0 Å². The lowest BCUT2D eigenvalue weighted by molar-refractivity contribution is -0.120. The molecule has 0 saturated heterocycles.